The summed E-state index contributed by atoms with van der Waals surface area (Å²) >= 11 is 1.76. The van der Waals surface area contributed by atoms with Crippen molar-refractivity contribution in [3.05, 3.63) is 0 Å². The zero-order valence-electron chi connectivity index (χ0n) is 8.75. The fraction of sp³-hybridized carbons (Fsp3) is 0.900. The van der Waals surface area contributed by atoms with Crippen LogP contribution in [0.4, 0.5) is 0 Å². The summed E-state index contributed by atoms with van der Waals surface area (Å²) in [7, 11) is 0. The van der Waals surface area contributed by atoms with Crippen LogP contribution in [0.2, 0.25) is 0 Å². The molecule has 0 radical (unpaired) electrons. The highest BCUT2D eigenvalue weighted by atomic mass is 32.2. The summed E-state index contributed by atoms with van der Waals surface area (Å²) in [6, 6.07) is 0. The van der Waals surface area contributed by atoms with Crippen LogP contribution in [0, 0.1) is 0 Å². The van der Waals surface area contributed by atoms with E-state index in [1.807, 2.05) is 6.92 Å². The van der Waals surface area contributed by atoms with E-state index in [1.165, 1.54) is 0 Å². The number of hydrogen-bond acceptors (Lipinski definition) is 3. The van der Waals surface area contributed by atoms with Gasteiger partial charge in [-0.2, -0.15) is 0 Å². The first kappa shape index (κ1) is 10.3. The molecule has 0 aliphatic carbocycles. The van der Waals surface area contributed by atoms with Crippen molar-refractivity contribution in [2.24, 2.45) is 0 Å². The molecule has 3 nitrogen and oxygen atoms in total. The smallest absolute Gasteiger partial charge is 0.238 e. The normalized spacial score (nSPS) is 35.5. The Morgan fingerprint density at radius 3 is 2.50 bits per heavy atom. The maximum absolute atomic E-state index is 12.0. The van der Waals surface area contributed by atoms with Crippen molar-refractivity contribution in [1.29, 1.82) is 0 Å². The Morgan fingerprint density at radius 2 is 2.07 bits per heavy atom. The van der Waals surface area contributed by atoms with Crippen LogP contribution >= 0.6 is 11.8 Å². The molecule has 80 valence electrons. The van der Waals surface area contributed by atoms with Crippen molar-refractivity contribution in [3.8, 4) is 0 Å². The molecule has 2 fully saturated rings. The van der Waals surface area contributed by atoms with Crippen LogP contribution in [0.15, 0.2) is 0 Å². The van der Waals surface area contributed by atoms with Crippen LogP contribution in [-0.4, -0.2) is 45.1 Å². The number of hydrogen-bond donors (Lipinski definition) is 1. The molecule has 2 rings (SSSR count). The van der Waals surface area contributed by atoms with Gasteiger partial charge in [0.25, 0.3) is 0 Å². The van der Waals surface area contributed by atoms with E-state index in [1.54, 1.807) is 23.6 Å². The van der Waals surface area contributed by atoms with Crippen LogP contribution in [0.3, 0.4) is 0 Å². The van der Waals surface area contributed by atoms with Crippen molar-refractivity contribution in [1.82, 2.24) is 4.90 Å². The van der Waals surface area contributed by atoms with Crippen LogP contribution in [-0.2, 0) is 4.79 Å². The average molecular weight is 215 g/mol. The highest BCUT2D eigenvalue weighted by Gasteiger charge is 2.47. The lowest BCUT2D eigenvalue weighted by molar-refractivity contribution is -0.154. The van der Waals surface area contributed by atoms with Crippen molar-refractivity contribution in [2.75, 3.05) is 18.8 Å². The van der Waals surface area contributed by atoms with Gasteiger partial charge >= 0.3 is 0 Å². The third-order valence-electron chi connectivity index (χ3n) is 3.02. The summed E-state index contributed by atoms with van der Waals surface area (Å²) in [5.74, 6) is 1.30. The van der Waals surface area contributed by atoms with Crippen molar-refractivity contribution >= 4 is 17.7 Å². The topological polar surface area (TPSA) is 40.5 Å². The van der Waals surface area contributed by atoms with Gasteiger partial charge in [-0.3, -0.25) is 4.79 Å². The van der Waals surface area contributed by atoms with Crippen LogP contribution in [0.1, 0.15) is 26.7 Å². The second-order valence-electron chi connectivity index (χ2n) is 4.84. The van der Waals surface area contributed by atoms with Crippen molar-refractivity contribution < 1.29 is 9.90 Å². The molecule has 2 heterocycles. The minimum atomic E-state index is -0.644. The second kappa shape index (κ2) is 3.14. The number of nitrogens with zero attached hydrogens (tertiary/aromatic N) is 1. The Hall–Kier alpha value is -0.220. The fourth-order valence-corrected chi connectivity index (χ4v) is 3.48. The van der Waals surface area contributed by atoms with E-state index in [0.717, 1.165) is 18.6 Å². The lowest BCUT2D eigenvalue weighted by Gasteiger charge is -2.46. The molecule has 14 heavy (non-hydrogen) atoms. The van der Waals surface area contributed by atoms with Gasteiger partial charge in [0.2, 0.25) is 5.91 Å². The van der Waals surface area contributed by atoms with E-state index in [-0.39, 0.29) is 10.7 Å². The molecule has 0 saturated carbocycles. The molecule has 0 spiro atoms. The quantitative estimate of drug-likeness (QED) is 0.705. The first-order valence-corrected chi connectivity index (χ1v) is 6.07. The van der Waals surface area contributed by atoms with Gasteiger partial charge in [-0.05, 0) is 32.4 Å². The molecular weight excluding hydrogens is 198 g/mol. The van der Waals surface area contributed by atoms with E-state index in [9.17, 15) is 9.90 Å². The van der Waals surface area contributed by atoms with Crippen LogP contribution in [0.5, 0.6) is 0 Å². The van der Waals surface area contributed by atoms with Gasteiger partial charge in [0.15, 0.2) is 0 Å². The average Bonchev–Trinajstić information content (AvgIpc) is 2.47. The number of β-amino-alcohol motifs (C(OH)–C–C–N with tert-alkyl or cyclic N) is 1. The Bertz CT molecular complexity index is 251. The lowest BCUT2D eigenvalue weighted by atomic mass is 9.93. The summed E-state index contributed by atoms with van der Waals surface area (Å²) in [5.41, 5.74) is -0.644. The molecule has 0 bridgehead atoms. The molecule has 0 aromatic heterocycles. The summed E-state index contributed by atoms with van der Waals surface area (Å²) in [6.45, 7) is 4.81. The summed E-state index contributed by atoms with van der Waals surface area (Å²) in [6.07, 6.45) is 2.12. The number of carbonyl (C=O) groups is 1. The molecule has 2 saturated heterocycles. The number of thioether (sulfide) groups is 1. The van der Waals surface area contributed by atoms with E-state index in [0.29, 0.717) is 13.1 Å². The molecule has 1 amide bonds. The van der Waals surface area contributed by atoms with Gasteiger partial charge in [0.05, 0.1) is 23.4 Å². The van der Waals surface area contributed by atoms with E-state index < -0.39 is 5.60 Å². The zero-order chi connectivity index (χ0) is 10.4. The Labute approximate surface area is 88.9 Å². The molecule has 1 unspecified atom stereocenters. The summed E-state index contributed by atoms with van der Waals surface area (Å²) in [5, 5.41) is 9.56. The van der Waals surface area contributed by atoms with E-state index in [4.69, 9.17) is 0 Å². The Morgan fingerprint density at radius 1 is 1.43 bits per heavy atom. The summed E-state index contributed by atoms with van der Waals surface area (Å²) in [4.78, 5) is 13.8. The largest absolute Gasteiger partial charge is 0.386 e. The molecule has 1 N–H and O–H groups in total. The Balaban J connectivity index is 1.96. The molecule has 2 aliphatic rings. The standard InChI is InChI=1S/C10H17NO2S/c1-9(13)6-11(7-9)8(12)10(2)4-3-5-14-10/h13H,3-7H2,1-2H3. The van der Waals surface area contributed by atoms with Gasteiger partial charge in [-0.15, -0.1) is 11.8 Å². The number of likely N-dealkylation sites (tertiary alicyclic amines) is 1. The van der Waals surface area contributed by atoms with Crippen LogP contribution in [0.25, 0.3) is 0 Å². The first-order valence-electron chi connectivity index (χ1n) is 5.09. The van der Waals surface area contributed by atoms with E-state index in [2.05, 4.69) is 0 Å². The van der Waals surface area contributed by atoms with Gasteiger partial charge in [0, 0.05) is 0 Å². The molecule has 0 aromatic carbocycles. The molecular formula is C10H17NO2S. The molecule has 0 aromatic rings. The predicted octanol–water partition coefficient (Wildman–Crippen LogP) is 0.865. The minimum absolute atomic E-state index is 0.212. The highest BCUT2D eigenvalue weighted by Crippen LogP contribution is 2.40. The monoisotopic (exact) mass is 215 g/mol. The first-order chi connectivity index (χ1) is 6.43. The third-order valence-corrected chi connectivity index (χ3v) is 4.53. The predicted molar refractivity (Wildman–Crippen MR) is 57.3 cm³/mol. The number of rotatable bonds is 1. The number of aliphatic hydroxyl groups is 1. The molecule has 2 aliphatic heterocycles. The highest BCUT2D eigenvalue weighted by molar-refractivity contribution is 8.01. The molecule has 4 heteroatoms. The van der Waals surface area contributed by atoms with Gasteiger partial charge < -0.3 is 10.0 Å². The van der Waals surface area contributed by atoms with Gasteiger partial charge in [-0.25, -0.2) is 0 Å². The van der Waals surface area contributed by atoms with Gasteiger partial charge in [-0.1, -0.05) is 0 Å². The SMILES string of the molecule is CC1(O)CN(C(=O)C2(C)CCCS2)C1. The zero-order valence-corrected chi connectivity index (χ0v) is 9.56. The van der Waals surface area contributed by atoms with Crippen molar-refractivity contribution in [2.45, 2.75) is 37.0 Å². The minimum Gasteiger partial charge on any atom is -0.386 e. The lowest BCUT2D eigenvalue weighted by Crippen LogP contribution is -2.64. The van der Waals surface area contributed by atoms with Crippen molar-refractivity contribution in [3.63, 3.8) is 0 Å². The third kappa shape index (κ3) is 1.65. The molecule has 1 atom stereocenters. The Kier molecular flexibility index (Phi) is 2.31. The fourth-order valence-electron chi connectivity index (χ4n) is 2.20. The maximum atomic E-state index is 12.0. The number of carbonyl (C=O) groups excluding carboxylic acids is 1. The van der Waals surface area contributed by atoms with E-state index >= 15 is 0 Å². The van der Waals surface area contributed by atoms with Gasteiger partial charge in [0.1, 0.15) is 0 Å². The maximum Gasteiger partial charge on any atom is 0.238 e. The number of amides is 1. The second-order valence-corrected chi connectivity index (χ2v) is 6.44. The van der Waals surface area contributed by atoms with Crippen LogP contribution < -0.4 is 0 Å². The summed E-state index contributed by atoms with van der Waals surface area (Å²) < 4.78 is -0.212.